The number of aromatic nitrogens is 4. The number of amides is 1. The summed E-state index contributed by atoms with van der Waals surface area (Å²) < 4.78 is 5.62. The summed E-state index contributed by atoms with van der Waals surface area (Å²) in [6.07, 6.45) is 0.616. The topological polar surface area (TPSA) is 84.0 Å². The molecule has 7 nitrogen and oxygen atoms in total. The molecule has 1 aliphatic heterocycles. The monoisotopic (exact) mass is 273 g/mol. The summed E-state index contributed by atoms with van der Waals surface area (Å²) in [5.41, 5.74) is 0.246. The highest BCUT2D eigenvalue weighted by Crippen LogP contribution is 2.39. The van der Waals surface area contributed by atoms with Crippen LogP contribution in [-0.2, 0) is 10.2 Å². The molecule has 0 aliphatic carbocycles. The SMILES string of the molecule is CN(C(=O)C1(C)CCOc2ccccc21)c1nn[nH]n1. The molecule has 104 valence electrons. The number of aromatic amines is 1. The van der Waals surface area contributed by atoms with Crippen LogP contribution in [0.4, 0.5) is 5.95 Å². The largest absolute Gasteiger partial charge is 0.493 e. The van der Waals surface area contributed by atoms with Crippen molar-refractivity contribution in [2.24, 2.45) is 0 Å². The Bertz CT molecular complexity index is 627. The fraction of sp³-hybridized carbons (Fsp3) is 0.385. The van der Waals surface area contributed by atoms with E-state index in [2.05, 4.69) is 20.6 Å². The second kappa shape index (κ2) is 4.59. The third-order valence-corrected chi connectivity index (χ3v) is 3.75. The first-order valence-electron chi connectivity index (χ1n) is 6.37. The van der Waals surface area contributed by atoms with Gasteiger partial charge in [-0.1, -0.05) is 23.3 Å². The molecule has 1 aromatic carbocycles. The standard InChI is InChI=1S/C13H15N5O2/c1-13(11(19)18(2)12-14-16-17-15-12)7-8-20-10-6-4-3-5-9(10)13/h3-6H,7-8H2,1-2H3,(H,14,15,16,17). The van der Waals surface area contributed by atoms with Crippen molar-refractivity contribution in [3.63, 3.8) is 0 Å². The Hall–Kier alpha value is -2.44. The lowest BCUT2D eigenvalue weighted by molar-refractivity contribution is -0.124. The average molecular weight is 273 g/mol. The number of nitrogens with zero attached hydrogens (tertiary/aromatic N) is 4. The minimum atomic E-state index is -0.649. The summed E-state index contributed by atoms with van der Waals surface area (Å²) in [6.45, 7) is 2.44. The lowest BCUT2D eigenvalue weighted by Crippen LogP contribution is -2.46. The lowest BCUT2D eigenvalue weighted by atomic mass is 9.76. The third-order valence-electron chi connectivity index (χ3n) is 3.75. The van der Waals surface area contributed by atoms with Gasteiger partial charge >= 0.3 is 0 Å². The number of anilines is 1. The highest BCUT2D eigenvalue weighted by molar-refractivity contribution is 5.99. The van der Waals surface area contributed by atoms with E-state index < -0.39 is 5.41 Å². The molecule has 0 fully saturated rings. The molecule has 1 aliphatic rings. The number of nitrogens with one attached hydrogen (secondary N) is 1. The number of para-hydroxylation sites is 1. The minimum absolute atomic E-state index is 0.0744. The number of tetrazole rings is 1. The number of hydrogen-bond acceptors (Lipinski definition) is 5. The number of hydrogen-bond donors (Lipinski definition) is 1. The summed E-state index contributed by atoms with van der Waals surface area (Å²) in [5.74, 6) is 0.950. The zero-order valence-electron chi connectivity index (χ0n) is 11.3. The molecular formula is C13H15N5O2. The molecule has 1 unspecified atom stereocenters. The predicted molar refractivity (Wildman–Crippen MR) is 71.5 cm³/mol. The maximum Gasteiger partial charge on any atom is 0.272 e. The Balaban J connectivity index is 1.99. The van der Waals surface area contributed by atoms with Gasteiger partial charge in [0.25, 0.3) is 5.95 Å². The van der Waals surface area contributed by atoms with Gasteiger partial charge in [-0.25, -0.2) is 0 Å². The maximum absolute atomic E-state index is 12.8. The Morgan fingerprint density at radius 3 is 3.00 bits per heavy atom. The smallest absolute Gasteiger partial charge is 0.272 e. The van der Waals surface area contributed by atoms with Crippen LogP contribution in [0, 0.1) is 0 Å². The first kappa shape index (κ1) is 12.6. The molecule has 0 radical (unpaired) electrons. The quantitative estimate of drug-likeness (QED) is 0.879. The van der Waals surface area contributed by atoms with E-state index in [0.29, 0.717) is 13.0 Å². The van der Waals surface area contributed by atoms with Crippen LogP contribution in [0.1, 0.15) is 18.9 Å². The van der Waals surface area contributed by atoms with Gasteiger partial charge in [-0.3, -0.25) is 9.69 Å². The molecule has 1 N–H and O–H groups in total. The summed E-state index contributed by atoms with van der Waals surface area (Å²) in [5, 5.41) is 13.5. The summed E-state index contributed by atoms with van der Waals surface area (Å²) >= 11 is 0. The highest BCUT2D eigenvalue weighted by atomic mass is 16.5. The van der Waals surface area contributed by atoms with Crippen LogP contribution in [-0.4, -0.2) is 40.2 Å². The van der Waals surface area contributed by atoms with Crippen LogP contribution >= 0.6 is 0 Å². The molecule has 2 heterocycles. The normalized spacial score (nSPS) is 20.9. The fourth-order valence-electron chi connectivity index (χ4n) is 2.53. The number of H-pyrrole nitrogens is 1. The molecular weight excluding hydrogens is 258 g/mol. The van der Waals surface area contributed by atoms with Gasteiger partial charge in [0.15, 0.2) is 0 Å². The molecule has 7 heteroatoms. The van der Waals surface area contributed by atoms with Crippen molar-refractivity contribution in [2.45, 2.75) is 18.8 Å². The number of ether oxygens (including phenoxy) is 1. The van der Waals surface area contributed by atoms with E-state index in [9.17, 15) is 4.79 Å². The van der Waals surface area contributed by atoms with E-state index in [1.165, 1.54) is 4.90 Å². The van der Waals surface area contributed by atoms with Crippen molar-refractivity contribution in [1.29, 1.82) is 0 Å². The zero-order chi connectivity index (χ0) is 14.2. The molecule has 0 saturated heterocycles. The van der Waals surface area contributed by atoms with Crippen LogP contribution in [0.5, 0.6) is 5.75 Å². The second-order valence-corrected chi connectivity index (χ2v) is 5.00. The first-order valence-corrected chi connectivity index (χ1v) is 6.37. The van der Waals surface area contributed by atoms with E-state index in [1.807, 2.05) is 31.2 Å². The van der Waals surface area contributed by atoms with Crippen LogP contribution in [0.3, 0.4) is 0 Å². The van der Waals surface area contributed by atoms with E-state index in [0.717, 1.165) is 11.3 Å². The summed E-state index contributed by atoms with van der Waals surface area (Å²) in [6, 6.07) is 7.62. The predicted octanol–water partition coefficient (Wildman–Crippen LogP) is 0.903. The Labute approximate surface area is 115 Å². The molecule has 2 aromatic rings. The van der Waals surface area contributed by atoms with E-state index >= 15 is 0 Å². The first-order chi connectivity index (χ1) is 9.63. The van der Waals surface area contributed by atoms with E-state index in [1.54, 1.807) is 7.05 Å². The van der Waals surface area contributed by atoms with Gasteiger partial charge in [0.05, 0.1) is 12.0 Å². The van der Waals surface area contributed by atoms with Gasteiger partial charge < -0.3 is 4.74 Å². The minimum Gasteiger partial charge on any atom is -0.493 e. The Morgan fingerprint density at radius 1 is 1.45 bits per heavy atom. The van der Waals surface area contributed by atoms with Gasteiger partial charge in [-0.2, -0.15) is 5.21 Å². The highest BCUT2D eigenvalue weighted by Gasteiger charge is 2.42. The van der Waals surface area contributed by atoms with Crippen molar-refractivity contribution in [3.05, 3.63) is 29.8 Å². The molecule has 20 heavy (non-hydrogen) atoms. The van der Waals surface area contributed by atoms with Gasteiger partial charge in [-0.05, 0) is 24.6 Å². The van der Waals surface area contributed by atoms with Crippen molar-refractivity contribution in [3.8, 4) is 5.75 Å². The zero-order valence-corrected chi connectivity index (χ0v) is 11.3. The van der Waals surface area contributed by atoms with Crippen LogP contribution in [0.25, 0.3) is 0 Å². The summed E-state index contributed by atoms with van der Waals surface area (Å²) in [7, 11) is 1.65. The van der Waals surface area contributed by atoms with Crippen LogP contribution in [0.15, 0.2) is 24.3 Å². The van der Waals surface area contributed by atoms with Crippen molar-refractivity contribution in [2.75, 3.05) is 18.6 Å². The average Bonchev–Trinajstić information content (AvgIpc) is 3.00. The van der Waals surface area contributed by atoms with Crippen molar-refractivity contribution < 1.29 is 9.53 Å². The van der Waals surface area contributed by atoms with Gasteiger partial charge in [-0.15, -0.1) is 5.10 Å². The number of rotatable bonds is 2. The number of fused-ring (bicyclic) bond motifs is 1. The number of carbonyl (C=O) groups is 1. The lowest BCUT2D eigenvalue weighted by Gasteiger charge is -2.36. The van der Waals surface area contributed by atoms with Crippen LogP contribution in [0.2, 0.25) is 0 Å². The third kappa shape index (κ3) is 1.82. The van der Waals surface area contributed by atoms with Crippen molar-refractivity contribution >= 4 is 11.9 Å². The number of carbonyl (C=O) groups excluding carboxylic acids is 1. The molecule has 3 rings (SSSR count). The molecule has 0 saturated carbocycles. The molecule has 1 aromatic heterocycles. The van der Waals surface area contributed by atoms with Gasteiger partial charge in [0.2, 0.25) is 5.91 Å². The fourth-order valence-corrected chi connectivity index (χ4v) is 2.53. The van der Waals surface area contributed by atoms with Gasteiger partial charge in [0.1, 0.15) is 5.75 Å². The van der Waals surface area contributed by atoms with Gasteiger partial charge in [0, 0.05) is 12.6 Å². The second-order valence-electron chi connectivity index (χ2n) is 5.00. The van der Waals surface area contributed by atoms with E-state index in [4.69, 9.17) is 4.74 Å². The number of likely N-dealkylation sites (N-methyl/N-ethyl adjacent to an activating group) is 1. The Morgan fingerprint density at radius 2 is 2.25 bits per heavy atom. The van der Waals surface area contributed by atoms with Crippen LogP contribution < -0.4 is 9.64 Å². The number of benzene rings is 1. The molecule has 1 amide bonds. The molecule has 1 atom stereocenters. The maximum atomic E-state index is 12.8. The molecule has 0 spiro atoms. The van der Waals surface area contributed by atoms with E-state index in [-0.39, 0.29) is 11.9 Å². The molecule has 0 bridgehead atoms. The Kier molecular flexibility index (Phi) is 2.89. The van der Waals surface area contributed by atoms with Crippen molar-refractivity contribution in [1.82, 2.24) is 20.6 Å². The summed E-state index contributed by atoms with van der Waals surface area (Å²) in [4.78, 5) is 14.3.